The zero-order chi connectivity index (χ0) is 51.7. The predicted molar refractivity (Wildman–Crippen MR) is 284 cm³/mol. The molecule has 2 aliphatic rings. The molecule has 16 heteroatoms. The largest absolute Gasteiger partial charge is 0.444 e. The summed E-state index contributed by atoms with van der Waals surface area (Å²) in [5.41, 5.74) is 3.46. The summed E-state index contributed by atoms with van der Waals surface area (Å²) < 4.78 is 16.7. The van der Waals surface area contributed by atoms with Crippen LogP contribution in [0.1, 0.15) is 126 Å². The van der Waals surface area contributed by atoms with Gasteiger partial charge in [0.1, 0.15) is 5.60 Å². The van der Waals surface area contributed by atoms with Crippen molar-refractivity contribution >= 4 is 62.6 Å². The summed E-state index contributed by atoms with van der Waals surface area (Å²) in [6.45, 7) is 13.9. The second-order valence-corrected chi connectivity index (χ2v) is 19.0. The molecule has 0 bridgehead atoms. The van der Waals surface area contributed by atoms with E-state index < -0.39 is 11.5 Å². The fourth-order valence-electron chi connectivity index (χ4n) is 9.01. The van der Waals surface area contributed by atoms with E-state index in [1.54, 1.807) is 47.5 Å². The quantitative estimate of drug-likeness (QED) is 0.0618. The molecule has 73 heavy (non-hydrogen) atoms. The molecule has 2 fully saturated rings. The van der Waals surface area contributed by atoms with Gasteiger partial charge in [-0.05, 0) is 142 Å². The first kappa shape index (κ1) is 53.5. The van der Waals surface area contributed by atoms with Crippen LogP contribution in [0.3, 0.4) is 0 Å². The number of nitrogens with zero attached hydrogens (tertiary/aromatic N) is 3. The normalized spacial score (nSPS) is 15.7. The monoisotopic (exact) mass is 993 g/mol. The molecule has 0 spiro atoms. The minimum absolute atomic E-state index is 0.104. The number of pyridine rings is 2. The molecule has 16 nitrogen and oxygen atoms in total. The van der Waals surface area contributed by atoms with Crippen molar-refractivity contribution in [1.82, 2.24) is 30.8 Å². The molecule has 0 aliphatic carbocycles. The Morgan fingerprint density at radius 1 is 0.603 bits per heavy atom. The lowest BCUT2D eigenvalue weighted by molar-refractivity contribution is 0.00982. The molecule has 2 unspecified atom stereocenters. The van der Waals surface area contributed by atoms with Gasteiger partial charge in [-0.1, -0.05) is 67.1 Å². The van der Waals surface area contributed by atoms with Crippen LogP contribution in [0, 0.1) is 0 Å². The van der Waals surface area contributed by atoms with Crippen LogP contribution in [0.4, 0.5) is 16.2 Å². The third-order valence-corrected chi connectivity index (χ3v) is 12.7. The minimum atomic E-state index is -0.599. The fraction of sp³-hybridized carbons (Fsp3) is 0.386. The van der Waals surface area contributed by atoms with E-state index in [9.17, 15) is 24.0 Å². The molecule has 4 heterocycles. The summed E-state index contributed by atoms with van der Waals surface area (Å²) in [4.78, 5) is 75.6. The van der Waals surface area contributed by atoms with Crippen LogP contribution in [0.15, 0.2) is 109 Å². The molecule has 5 N–H and O–H groups in total. The average molecular weight is 993 g/mol. The summed E-state index contributed by atoms with van der Waals surface area (Å²) >= 11 is 0. The maximum atomic E-state index is 13.4. The van der Waals surface area contributed by atoms with Crippen molar-refractivity contribution in [1.29, 1.82) is 0 Å². The number of piperidine rings is 2. The Morgan fingerprint density at radius 3 is 1.60 bits per heavy atom. The van der Waals surface area contributed by atoms with Gasteiger partial charge in [0.2, 0.25) is 0 Å². The lowest BCUT2D eigenvalue weighted by Crippen LogP contribution is -2.50. The van der Waals surface area contributed by atoms with E-state index >= 15 is 0 Å². The highest BCUT2D eigenvalue weighted by atomic mass is 16.6. The number of rotatable bonds is 16. The number of fused-ring (bicyclic) bond motifs is 2. The van der Waals surface area contributed by atoms with Gasteiger partial charge in [0.05, 0.1) is 30.6 Å². The molecule has 2 atom stereocenters. The number of ether oxygens (including phenoxy) is 3. The van der Waals surface area contributed by atoms with Crippen LogP contribution in [0.5, 0.6) is 0 Å². The first-order valence-corrected chi connectivity index (χ1v) is 25.3. The highest BCUT2D eigenvalue weighted by Gasteiger charge is 2.31. The molecule has 0 saturated carbocycles. The number of carbonyl (C=O) groups is 5. The Hall–Kier alpha value is -7.27. The number of hydrogen-bond donors (Lipinski definition) is 5. The summed E-state index contributed by atoms with van der Waals surface area (Å²) in [6.07, 6.45) is 8.67. The number of aromatic nitrogens is 2. The van der Waals surface area contributed by atoms with Crippen molar-refractivity contribution < 1.29 is 38.2 Å². The molecule has 0 radical (unpaired) electrons. The maximum absolute atomic E-state index is 13.4. The van der Waals surface area contributed by atoms with Gasteiger partial charge in [-0.3, -0.25) is 19.2 Å². The Labute approximate surface area is 427 Å². The van der Waals surface area contributed by atoms with E-state index in [1.807, 2.05) is 95.3 Å². The number of nitrogens with one attached hydrogen (secondary N) is 5. The summed E-state index contributed by atoms with van der Waals surface area (Å²) in [5.74, 6) is -1.35. The minimum Gasteiger partial charge on any atom is -0.444 e. The molecular weight excluding hydrogens is 925 g/mol. The molecule has 2 saturated heterocycles. The second kappa shape index (κ2) is 25.9. The molecule has 8 rings (SSSR count). The van der Waals surface area contributed by atoms with Crippen LogP contribution in [-0.4, -0.2) is 102 Å². The molecule has 4 aromatic carbocycles. The first-order valence-electron chi connectivity index (χ1n) is 25.3. The van der Waals surface area contributed by atoms with Crippen LogP contribution in [-0.2, 0) is 27.4 Å². The van der Waals surface area contributed by atoms with Crippen molar-refractivity contribution in [3.05, 3.63) is 143 Å². The van der Waals surface area contributed by atoms with Crippen molar-refractivity contribution in [2.24, 2.45) is 0 Å². The SMILES string of the molecule is CCOCc1ccc(C(=O)Nc2cccnc2C(=O)NCC2CCCCN2)c2ccccc12.CCOCc1ccc(C(=O)Nc2cccnc2C(=O)NCC2CCCCN2C(=O)OC(C)(C)C)c2ccccc12. The van der Waals surface area contributed by atoms with E-state index in [0.29, 0.717) is 62.0 Å². The summed E-state index contributed by atoms with van der Waals surface area (Å²) in [7, 11) is 0. The molecule has 384 valence electrons. The average Bonchev–Trinajstić information content (AvgIpc) is 3.40. The number of carbonyl (C=O) groups excluding carboxylic acids is 5. The highest BCUT2D eigenvalue weighted by molar-refractivity contribution is 6.16. The lowest BCUT2D eigenvalue weighted by Gasteiger charge is -2.36. The number of likely N-dealkylation sites (tertiary alicyclic amines) is 1. The van der Waals surface area contributed by atoms with E-state index in [0.717, 1.165) is 71.3 Å². The lowest BCUT2D eigenvalue weighted by atomic mass is 9.99. The molecule has 6 aromatic rings. The Morgan fingerprint density at radius 2 is 1.11 bits per heavy atom. The molecule has 2 aliphatic heterocycles. The van der Waals surface area contributed by atoms with Gasteiger partial charge in [0.15, 0.2) is 11.4 Å². The van der Waals surface area contributed by atoms with Crippen LogP contribution in [0.2, 0.25) is 0 Å². The first-order chi connectivity index (χ1) is 35.3. The van der Waals surface area contributed by atoms with Crippen molar-refractivity contribution in [3.63, 3.8) is 0 Å². The van der Waals surface area contributed by atoms with Crippen molar-refractivity contribution in [3.8, 4) is 0 Å². The van der Waals surface area contributed by atoms with Gasteiger partial charge in [-0.2, -0.15) is 0 Å². The van der Waals surface area contributed by atoms with Crippen LogP contribution < -0.4 is 26.6 Å². The van der Waals surface area contributed by atoms with Crippen molar-refractivity contribution in [2.45, 2.75) is 104 Å². The smallest absolute Gasteiger partial charge is 0.410 e. The topological polar surface area (TPSA) is 202 Å². The predicted octanol–water partition coefficient (Wildman–Crippen LogP) is 9.44. The zero-order valence-corrected chi connectivity index (χ0v) is 42.6. The molecule has 5 amide bonds. The zero-order valence-electron chi connectivity index (χ0n) is 42.6. The molecule has 2 aromatic heterocycles. The van der Waals surface area contributed by atoms with Gasteiger partial charge in [0, 0.05) is 62.4 Å². The van der Waals surface area contributed by atoms with Gasteiger partial charge in [-0.25, -0.2) is 14.8 Å². The molecular formula is C57H68N8O8. The third kappa shape index (κ3) is 14.5. The van der Waals surface area contributed by atoms with Crippen LogP contribution in [0.25, 0.3) is 21.5 Å². The number of amides is 5. The van der Waals surface area contributed by atoms with Gasteiger partial charge >= 0.3 is 6.09 Å². The number of hydrogen-bond acceptors (Lipinski definition) is 11. The summed E-state index contributed by atoms with van der Waals surface area (Å²) in [5, 5.41) is 18.6. The Kier molecular flexibility index (Phi) is 19.0. The van der Waals surface area contributed by atoms with Gasteiger partial charge in [0.25, 0.3) is 23.6 Å². The Balaban J connectivity index is 0.000000218. The standard InChI is InChI=1S/C31H38N4O5.C26H30N4O3/c1-5-39-20-21-15-16-25(24-13-7-6-12-23(21)24)28(36)34-26-14-10-17-32-27(26)29(37)33-19-22-11-8-9-18-35(22)30(38)40-31(2,3)4;1-2-33-17-18-12-13-22(21-10-4-3-9-20(18)21)25(31)30-23-11-7-15-28-24(23)26(32)29-16-19-8-5-6-14-27-19/h6-7,10,12-17,22H,5,8-9,11,18-20H2,1-4H3,(H,33,37)(H,34,36);3-4,7,9-13,15,19,27H,2,5-6,8,14,16-17H2,1H3,(H,29,32)(H,30,31). The van der Waals surface area contributed by atoms with Gasteiger partial charge in [-0.15, -0.1) is 0 Å². The third-order valence-electron chi connectivity index (χ3n) is 12.7. The van der Waals surface area contributed by atoms with E-state index in [2.05, 4.69) is 36.6 Å². The van der Waals surface area contributed by atoms with E-state index in [1.165, 1.54) is 12.6 Å². The Bertz CT molecular complexity index is 2880. The fourth-order valence-corrected chi connectivity index (χ4v) is 9.01. The van der Waals surface area contributed by atoms with Gasteiger partial charge < -0.3 is 45.7 Å². The van der Waals surface area contributed by atoms with E-state index in [4.69, 9.17) is 14.2 Å². The maximum Gasteiger partial charge on any atom is 0.410 e. The number of anilines is 2. The number of benzene rings is 4. The van der Waals surface area contributed by atoms with E-state index in [-0.39, 0.29) is 53.8 Å². The van der Waals surface area contributed by atoms with Crippen LogP contribution >= 0.6 is 0 Å². The highest BCUT2D eigenvalue weighted by Crippen LogP contribution is 2.28. The second-order valence-electron chi connectivity index (χ2n) is 19.0. The summed E-state index contributed by atoms with van der Waals surface area (Å²) in [6, 6.07) is 29.7. The van der Waals surface area contributed by atoms with Crippen molar-refractivity contribution in [2.75, 3.05) is 50.0 Å².